The van der Waals surface area contributed by atoms with Crippen LogP contribution in [0.15, 0.2) is 18.2 Å². The smallest absolute Gasteiger partial charge is 0.0589 e. The molecule has 0 aliphatic rings. The van der Waals surface area contributed by atoms with Crippen molar-refractivity contribution in [3.05, 3.63) is 33.8 Å². The van der Waals surface area contributed by atoms with E-state index >= 15 is 0 Å². The predicted molar refractivity (Wildman–Crippen MR) is 74.3 cm³/mol. The van der Waals surface area contributed by atoms with Crippen molar-refractivity contribution in [2.24, 2.45) is 0 Å². The summed E-state index contributed by atoms with van der Waals surface area (Å²) in [6.45, 7) is 2.95. The average Bonchev–Trinajstić information content (AvgIpc) is 2.31. The molecular formula is C12H16Cl3NO. The van der Waals surface area contributed by atoms with Crippen molar-refractivity contribution in [3.8, 4) is 0 Å². The second-order valence-corrected chi connectivity index (χ2v) is 4.85. The molecule has 1 aromatic carbocycles. The molecule has 0 fully saturated rings. The molecule has 0 aromatic heterocycles. The molecule has 0 atom stereocenters. The molecule has 0 heterocycles. The number of hydrogen-bond acceptors (Lipinski definition) is 2. The highest BCUT2D eigenvalue weighted by Crippen LogP contribution is 2.25. The molecular weight excluding hydrogens is 280 g/mol. The summed E-state index contributed by atoms with van der Waals surface area (Å²) in [7, 11) is 1.68. The molecule has 0 saturated carbocycles. The number of hydrogen-bond donors (Lipinski definition) is 0. The summed E-state index contributed by atoms with van der Waals surface area (Å²) >= 11 is 18.0. The van der Waals surface area contributed by atoms with Gasteiger partial charge in [-0.1, -0.05) is 29.3 Å². The second-order valence-electron chi connectivity index (χ2n) is 3.66. The Bertz CT molecular complexity index is 326. The summed E-state index contributed by atoms with van der Waals surface area (Å²) in [4.78, 5) is 2.17. The maximum absolute atomic E-state index is 6.13. The zero-order valence-corrected chi connectivity index (χ0v) is 12.0. The molecule has 5 heteroatoms. The lowest BCUT2D eigenvalue weighted by atomic mass is 10.2. The summed E-state index contributed by atoms with van der Waals surface area (Å²) in [5.41, 5.74) is 0.942. The first-order chi connectivity index (χ1) is 8.19. The Kier molecular flexibility index (Phi) is 7.24. The lowest BCUT2D eigenvalue weighted by Crippen LogP contribution is -2.29. The number of halogens is 3. The van der Waals surface area contributed by atoms with Crippen LogP contribution in [0.25, 0.3) is 0 Å². The van der Waals surface area contributed by atoms with Crippen molar-refractivity contribution >= 4 is 34.8 Å². The van der Waals surface area contributed by atoms with Crippen LogP contribution in [0.2, 0.25) is 10.0 Å². The number of rotatable bonds is 7. The Morgan fingerprint density at radius 1 is 1.18 bits per heavy atom. The van der Waals surface area contributed by atoms with Crippen molar-refractivity contribution in [2.75, 3.05) is 32.7 Å². The summed E-state index contributed by atoms with van der Waals surface area (Å²) in [5.74, 6) is 0.575. The Morgan fingerprint density at radius 2 is 1.82 bits per heavy atom. The second kappa shape index (κ2) is 8.17. The topological polar surface area (TPSA) is 12.5 Å². The number of ether oxygens (including phenoxy) is 1. The van der Waals surface area contributed by atoms with E-state index in [1.54, 1.807) is 7.11 Å². The molecule has 2 nitrogen and oxygen atoms in total. The van der Waals surface area contributed by atoms with Crippen LogP contribution in [0.3, 0.4) is 0 Å². The highest BCUT2D eigenvalue weighted by molar-refractivity contribution is 6.35. The van der Waals surface area contributed by atoms with Crippen LogP contribution in [-0.4, -0.2) is 37.6 Å². The zero-order chi connectivity index (χ0) is 12.7. The molecule has 0 N–H and O–H groups in total. The average molecular weight is 297 g/mol. The quantitative estimate of drug-likeness (QED) is 0.712. The lowest BCUT2D eigenvalue weighted by Gasteiger charge is -2.22. The fraction of sp³-hybridized carbons (Fsp3) is 0.500. The van der Waals surface area contributed by atoms with E-state index in [9.17, 15) is 0 Å². The molecule has 1 rings (SSSR count). The SMILES string of the molecule is COCCN(CCCl)Cc1c(Cl)cccc1Cl. The van der Waals surface area contributed by atoms with Crippen molar-refractivity contribution in [1.82, 2.24) is 4.90 Å². The largest absolute Gasteiger partial charge is 0.383 e. The van der Waals surface area contributed by atoms with E-state index in [-0.39, 0.29) is 0 Å². The van der Waals surface area contributed by atoms with Crippen LogP contribution in [0.4, 0.5) is 0 Å². The van der Waals surface area contributed by atoms with E-state index in [4.69, 9.17) is 39.5 Å². The summed E-state index contributed by atoms with van der Waals surface area (Å²) in [5, 5.41) is 1.38. The molecule has 0 bridgehead atoms. The first-order valence-electron chi connectivity index (χ1n) is 5.39. The molecule has 1 aromatic rings. The van der Waals surface area contributed by atoms with Crippen LogP contribution in [0.1, 0.15) is 5.56 Å². The maximum Gasteiger partial charge on any atom is 0.0589 e. The molecule has 0 radical (unpaired) electrons. The number of methoxy groups -OCH3 is 1. The molecule has 96 valence electrons. The van der Waals surface area contributed by atoms with E-state index in [0.717, 1.165) is 18.7 Å². The highest BCUT2D eigenvalue weighted by Gasteiger charge is 2.11. The minimum atomic E-state index is 0.575. The van der Waals surface area contributed by atoms with E-state index in [0.29, 0.717) is 29.1 Å². The summed E-state index contributed by atoms with van der Waals surface area (Å²) < 4.78 is 5.07. The van der Waals surface area contributed by atoms with Gasteiger partial charge in [0.2, 0.25) is 0 Å². The van der Waals surface area contributed by atoms with Crippen LogP contribution in [-0.2, 0) is 11.3 Å². The minimum absolute atomic E-state index is 0.575. The Labute approximate surface area is 117 Å². The third-order valence-corrected chi connectivity index (χ3v) is 3.33. The van der Waals surface area contributed by atoms with E-state index in [2.05, 4.69) is 4.90 Å². The zero-order valence-electron chi connectivity index (χ0n) is 9.76. The maximum atomic E-state index is 6.13. The number of nitrogens with zero attached hydrogens (tertiary/aromatic N) is 1. The van der Waals surface area contributed by atoms with Gasteiger partial charge >= 0.3 is 0 Å². The standard InChI is InChI=1S/C12H16Cl3NO/c1-17-8-7-16(6-5-13)9-10-11(14)3-2-4-12(10)15/h2-4H,5-9H2,1H3. The van der Waals surface area contributed by atoms with Gasteiger partial charge in [0.1, 0.15) is 0 Å². The molecule has 0 aliphatic carbocycles. The summed E-state index contributed by atoms with van der Waals surface area (Å²) in [6, 6.07) is 5.53. The first kappa shape index (κ1) is 15.1. The van der Waals surface area contributed by atoms with Crippen molar-refractivity contribution in [3.63, 3.8) is 0 Å². The van der Waals surface area contributed by atoms with Gasteiger partial charge in [0.15, 0.2) is 0 Å². The monoisotopic (exact) mass is 295 g/mol. The van der Waals surface area contributed by atoms with E-state index in [1.807, 2.05) is 18.2 Å². The fourth-order valence-corrected chi connectivity index (χ4v) is 2.27. The van der Waals surface area contributed by atoms with Crippen LogP contribution < -0.4 is 0 Å². The third kappa shape index (κ3) is 5.02. The predicted octanol–water partition coefficient (Wildman–Crippen LogP) is 3.68. The first-order valence-corrected chi connectivity index (χ1v) is 6.68. The van der Waals surface area contributed by atoms with Crippen molar-refractivity contribution in [1.29, 1.82) is 0 Å². The number of alkyl halides is 1. The van der Waals surface area contributed by atoms with Crippen LogP contribution in [0.5, 0.6) is 0 Å². The van der Waals surface area contributed by atoms with E-state index in [1.165, 1.54) is 0 Å². The van der Waals surface area contributed by atoms with Crippen molar-refractivity contribution < 1.29 is 4.74 Å². The summed E-state index contributed by atoms with van der Waals surface area (Å²) in [6.07, 6.45) is 0. The highest BCUT2D eigenvalue weighted by atomic mass is 35.5. The molecule has 0 amide bonds. The Balaban J connectivity index is 2.70. The van der Waals surface area contributed by atoms with Crippen LogP contribution in [0, 0.1) is 0 Å². The van der Waals surface area contributed by atoms with Crippen molar-refractivity contribution in [2.45, 2.75) is 6.54 Å². The van der Waals surface area contributed by atoms with E-state index < -0.39 is 0 Å². The van der Waals surface area contributed by atoms with Gasteiger partial charge in [-0.05, 0) is 12.1 Å². The minimum Gasteiger partial charge on any atom is -0.383 e. The van der Waals surface area contributed by atoms with Gasteiger partial charge in [0.05, 0.1) is 6.61 Å². The van der Waals surface area contributed by atoms with Gasteiger partial charge in [0, 0.05) is 48.2 Å². The van der Waals surface area contributed by atoms with Gasteiger partial charge in [-0.3, -0.25) is 4.90 Å². The normalized spacial score (nSPS) is 11.1. The lowest BCUT2D eigenvalue weighted by molar-refractivity contribution is 0.148. The van der Waals surface area contributed by atoms with Gasteiger partial charge in [0.25, 0.3) is 0 Å². The van der Waals surface area contributed by atoms with Crippen LogP contribution >= 0.6 is 34.8 Å². The van der Waals surface area contributed by atoms with Gasteiger partial charge in [-0.15, -0.1) is 11.6 Å². The molecule has 17 heavy (non-hydrogen) atoms. The molecule has 0 saturated heterocycles. The Hall–Kier alpha value is 0.01000. The van der Waals surface area contributed by atoms with Gasteiger partial charge in [-0.2, -0.15) is 0 Å². The Morgan fingerprint density at radius 3 is 2.35 bits per heavy atom. The van der Waals surface area contributed by atoms with Gasteiger partial charge in [-0.25, -0.2) is 0 Å². The molecule has 0 unspecified atom stereocenters. The third-order valence-electron chi connectivity index (χ3n) is 2.46. The number of benzene rings is 1. The fourth-order valence-electron chi connectivity index (χ4n) is 1.52. The molecule has 0 aliphatic heterocycles. The van der Waals surface area contributed by atoms with Gasteiger partial charge < -0.3 is 4.74 Å². The molecule has 0 spiro atoms.